The Labute approximate surface area is 118 Å². The van der Waals surface area contributed by atoms with Crippen LogP contribution >= 0.6 is 0 Å². The van der Waals surface area contributed by atoms with Gasteiger partial charge in [-0.15, -0.1) is 0 Å². The lowest BCUT2D eigenvalue weighted by Gasteiger charge is -2.32. The van der Waals surface area contributed by atoms with Crippen LogP contribution in [0.1, 0.15) is 51.3 Å². The van der Waals surface area contributed by atoms with E-state index in [4.69, 9.17) is 4.52 Å². The van der Waals surface area contributed by atoms with Crippen LogP contribution < -0.4 is 10.2 Å². The van der Waals surface area contributed by atoms with Gasteiger partial charge in [-0.25, -0.2) is 0 Å². The van der Waals surface area contributed by atoms with Gasteiger partial charge in [0.15, 0.2) is 5.82 Å². The van der Waals surface area contributed by atoms with Crippen molar-refractivity contribution >= 4 is 11.9 Å². The van der Waals surface area contributed by atoms with Gasteiger partial charge in [0.05, 0.1) is 0 Å². The van der Waals surface area contributed by atoms with Crippen LogP contribution in [-0.2, 0) is 4.79 Å². The van der Waals surface area contributed by atoms with Crippen LogP contribution in [0, 0.1) is 5.92 Å². The van der Waals surface area contributed by atoms with Gasteiger partial charge in [-0.2, -0.15) is 4.98 Å². The van der Waals surface area contributed by atoms with Crippen LogP contribution in [0.3, 0.4) is 0 Å². The number of amides is 1. The van der Waals surface area contributed by atoms with E-state index in [1.54, 1.807) is 0 Å². The Hall–Kier alpha value is -1.59. The van der Waals surface area contributed by atoms with Crippen LogP contribution in [0.5, 0.6) is 0 Å². The summed E-state index contributed by atoms with van der Waals surface area (Å²) in [4.78, 5) is 18.3. The molecule has 1 amide bonds. The summed E-state index contributed by atoms with van der Waals surface area (Å²) in [6, 6.07) is 0.783. The SMILES string of the molecule is CC(C)C(=O)NC1CCCN(c2nc(C3CC3)no2)C1. The van der Waals surface area contributed by atoms with Crippen LogP contribution in [0.2, 0.25) is 0 Å². The van der Waals surface area contributed by atoms with Gasteiger partial charge in [0, 0.05) is 31.0 Å². The maximum Gasteiger partial charge on any atom is 0.324 e. The molecular formula is C14H22N4O2. The van der Waals surface area contributed by atoms with Crippen molar-refractivity contribution in [3.63, 3.8) is 0 Å². The van der Waals surface area contributed by atoms with E-state index in [9.17, 15) is 4.79 Å². The second-order valence-corrected chi connectivity index (χ2v) is 6.16. The van der Waals surface area contributed by atoms with E-state index in [0.29, 0.717) is 11.9 Å². The van der Waals surface area contributed by atoms with Crippen molar-refractivity contribution in [3.05, 3.63) is 5.82 Å². The molecule has 110 valence electrons. The van der Waals surface area contributed by atoms with Crippen LogP contribution in [0.25, 0.3) is 0 Å². The van der Waals surface area contributed by atoms with Crippen molar-refractivity contribution in [2.75, 3.05) is 18.0 Å². The molecule has 1 aliphatic heterocycles. The molecule has 6 nitrogen and oxygen atoms in total. The number of nitrogens with zero attached hydrogens (tertiary/aromatic N) is 3. The second-order valence-electron chi connectivity index (χ2n) is 6.16. The number of piperidine rings is 1. The highest BCUT2D eigenvalue weighted by Gasteiger charge is 2.31. The maximum atomic E-state index is 11.8. The van der Waals surface area contributed by atoms with Crippen molar-refractivity contribution in [2.45, 2.75) is 51.5 Å². The number of nitrogens with one attached hydrogen (secondary N) is 1. The largest absolute Gasteiger partial charge is 0.351 e. The molecule has 0 spiro atoms. The van der Waals surface area contributed by atoms with Crippen molar-refractivity contribution < 1.29 is 9.32 Å². The van der Waals surface area contributed by atoms with E-state index >= 15 is 0 Å². The van der Waals surface area contributed by atoms with Crippen LogP contribution in [-0.4, -0.2) is 35.2 Å². The predicted molar refractivity (Wildman–Crippen MR) is 74.5 cm³/mol. The molecule has 2 fully saturated rings. The monoisotopic (exact) mass is 278 g/mol. The first-order chi connectivity index (χ1) is 9.63. The van der Waals surface area contributed by atoms with Gasteiger partial charge in [0.2, 0.25) is 5.91 Å². The quantitative estimate of drug-likeness (QED) is 0.907. The summed E-state index contributed by atoms with van der Waals surface area (Å²) in [7, 11) is 0. The number of carbonyl (C=O) groups excluding carboxylic acids is 1. The third-order valence-corrected chi connectivity index (χ3v) is 3.94. The Kier molecular flexibility index (Phi) is 3.63. The van der Waals surface area contributed by atoms with Crippen molar-refractivity contribution in [1.29, 1.82) is 0 Å². The zero-order valence-electron chi connectivity index (χ0n) is 12.1. The van der Waals surface area contributed by atoms with Gasteiger partial charge < -0.3 is 14.7 Å². The Morgan fingerprint density at radius 1 is 1.40 bits per heavy atom. The summed E-state index contributed by atoms with van der Waals surface area (Å²) >= 11 is 0. The fourth-order valence-electron chi connectivity index (χ4n) is 2.50. The minimum atomic E-state index is 0.0234. The smallest absolute Gasteiger partial charge is 0.324 e. The lowest BCUT2D eigenvalue weighted by molar-refractivity contribution is -0.124. The van der Waals surface area contributed by atoms with E-state index in [0.717, 1.165) is 31.8 Å². The van der Waals surface area contributed by atoms with Gasteiger partial charge >= 0.3 is 6.01 Å². The Morgan fingerprint density at radius 2 is 2.20 bits per heavy atom. The third-order valence-electron chi connectivity index (χ3n) is 3.94. The summed E-state index contributed by atoms with van der Waals surface area (Å²) in [6.07, 6.45) is 4.39. The molecule has 1 N–H and O–H groups in total. The highest BCUT2D eigenvalue weighted by Crippen LogP contribution is 2.38. The molecule has 1 saturated carbocycles. The van der Waals surface area contributed by atoms with Crippen molar-refractivity contribution in [1.82, 2.24) is 15.5 Å². The molecule has 0 aromatic carbocycles. The Bertz CT molecular complexity index is 481. The zero-order chi connectivity index (χ0) is 14.1. The Morgan fingerprint density at radius 3 is 2.90 bits per heavy atom. The minimum Gasteiger partial charge on any atom is -0.351 e. The van der Waals surface area contributed by atoms with Gasteiger partial charge in [-0.1, -0.05) is 19.0 Å². The lowest BCUT2D eigenvalue weighted by Crippen LogP contribution is -2.48. The van der Waals surface area contributed by atoms with Gasteiger partial charge in [-0.3, -0.25) is 4.79 Å². The fraction of sp³-hybridized carbons (Fsp3) is 0.786. The maximum absolute atomic E-state index is 11.8. The molecule has 1 saturated heterocycles. The van der Waals surface area contributed by atoms with E-state index in [1.807, 2.05) is 13.8 Å². The van der Waals surface area contributed by atoms with E-state index < -0.39 is 0 Å². The topological polar surface area (TPSA) is 71.3 Å². The first-order valence-electron chi connectivity index (χ1n) is 7.52. The molecule has 1 unspecified atom stereocenters. The van der Waals surface area contributed by atoms with Crippen molar-refractivity contribution in [3.8, 4) is 0 Å². The minimum absolute atomic E-state index is 0.0234. The number of aromatic nitrogens is 2. The Balaban J connectivity index is 1.60. The van der Waals surface area contributed by atoms with E-state index in [2.05, 4.69) is 20.4 Å². The summed E-state index contributed by atoms with van der Waals surface area (Å²) < 4.78 is 5.36. The average molecular weight is 278 g/mol. The number of rotatable bonds is 4. The summed E-state index contributed by atoms with van der Waals surface area (Å²) in [6.45, 7) is 5.50. The number of hydrogen-bond donors (Lipinski definition) is 1. The molecular weight excluding hydrogens is 256 g/mol. The molecule has 1 aromatic heterocycles. The first kappa shape index (κ1) is 13.4. The lowest BCUT2D eigenvalue weighted by atomic mass is 10.1. The molecule has 2 heterocycles. The second kappa shape index (κ2) is 5.42. The first-order valence-corrected chi connectivity index (χ1v) is 7.52. The number of anilines is 1. The van der Waals surface area contributed by atoms with Crippen molar-refractivity contribution in [2.24, 2.45) is 5.92 Å². The molecule has 1 aromatic rings. The highest BCUT2D eigenvalue weighted by atomic mass is 16.5. The average Bonchev–Trinajstić information content (AvgIpc) is 3.16. The zero-order valence-corrected chi connectivity index (χ0v) is 12.1. The molecule has 2 aliphatic rings. The van der Waals surface area contributed by atoms with Gasteiger partial charge in [-0.05, 0) is 25.7 Å². The number of hydrogen-bond acceptors (Lipinski definition) is 5. The summed E-state index contributed by atoms with van der Waals surface area (Å²) in [5, 5.41) is 7.14. The summed E-state index contributed by atoms with van der Waals surface area (Å²) in [5.74, 6) is 1.48. The molecule has 1 atom stereocenters. The third kappa shape index (κ3) is 2.94. The van der Waals surface area contributed by atoms with Crippen LogP contribution in [0.15, 0.2) is 4.52 Å². The standard InChI is InChI=1S/C14H22N4O2/c1-9(2)13(19)15-11-4-3-7-18(8-11)14-16-12(17-20-14)10-5-6-10/h9-11H,3-8H2,1-2H3,(H,15,19). The van der Waals surface area contributed by atoms with E-state index in [1.165, 1.54) is 12.8 Å². The highest BCUT2D eigenvalue weighted by molar-refractivity contribution is 5.78. The molecule has 6 heteroatoms. The predicted octanol–water partition coefficient (Wildman–Crippen LogP) is 1.69. The molecule has 0 radical (unpaired) electrons. The molecule has 3 rings (SSSR count). The van der Waals surface area contributed by atoms with Gasteiger partial charge in [0.1, 0.15) is 0 Å². The number of carbonyl (C=O) groups is 1. The van der Waals surface area contributed by atoms with E-state index in [-0.39, 0.29) is 17.9 Å². The normalized spacial score (nSPS) is 23.1. The summed E-state index contributed by atoms with van der Waals surface area (Å²) in [5.41, 5.74) is 0. The molecule has 1 aliphatic carbocycles. The van der Waals surface area contributed by atoms with Crippen LogP contribution in [0.4, 0.5) is 6.01 Å². The van der Waals surface area contributed by atoms with Gasteiger partial charge in [0.25, 0.3) is 0 Å². The molecule has 0 bridgehead atoms. The fourth-order valence-corrected chi connectivity index (χ4v) is 2.50. The molecule has 20 heavy (non-hydrogen) atoms.